The zero-order valence-electron chi connectivity index (χ0n) is 18.8. The smallest absolute Gasteiger partial charge is 0.411 e. The fourth-order valence-corrected chi connectivity index (χ4v) is 4.80. The van der Waals surface area contributed by atoms with Crippen LogP contribution in [0.5, 0.6) is 0 Å². The van der Waals surface area contributed by atoms with Crippen LogP contribution in [0.4, 0.5) is 16.2 Å². The van der Waals surface area contributed by atoms with Crippen molar-refractivity contribution < 1.29 is 23.9 Å². The van der Waals surface area contributed by atoms with Crippen LogP contribution >= 0.6 is 23.4 Å². The minimum atomic E-state index is -1.22. The first-order chi connectivity index (χ1) is 16.9. The Balaban J connectivity index is 1.45. The first-order valence-corrected chi connectivity index (χ1v) is 12.1. The van der Waals surface area contributed by atoms with Crippen LogP contribution in [0.15, 0.2) is 66.1 Å². The van der Waals surface area contributed by atoms with Crippen molar-refractivity contribution in [2.24, 2.45) is 0 Å². The highest BCUT2D eigenvalue weighted by molar-refractivity contribution is 7.99. The minimum Gasteiger partial charge on any atom is -0.450 e. The number of imidazole rings is 1. The third-order valence-corrected chi connectivity index (χ3v) is 6.65. The molecule has 1 amide bonds. The molecule has 0 aliphatic carbocycles. The molecule has 4 rings (SSSR count). The first-order valence-electron chi connectivity index (χ1n) is 10.8. The minimum absolute atomic E-state index is 0.109. The highest BCUT2D eigenvalue weighted by atomic mass is 35.5. The van der Waals surface area contributed by atoms with Crippen LogP contribution in [0.2, 0.25) is 5.02 Å². The summed E-state index contributed by atoms with van der Waals surface area (Å²) >= 11 is 8.02. The molecule has 0 radical (unpaired) electrons. The number of nitro benzene ring substituents is 1. The fourth-order valence-electron chi connectivity index (χ4n) is 3.61. The van der Waals surface area contributed by atoms with Crippen molar-refractivity contribution in [1.29, 1.82) is 0 Å². The maximum absolute atomic E-state index is 11.5. The van der Waals surface area contributed by atoms with Crippen molar-refractivity contribution in [2.45, 2.75) is 30.3 Å². The lowest BCUT2D eigenvalue weighted by Gasteiger charge is -2.29. The molecule has 1 N–H and O–H groups in total. The van der Waals surface area contributed by atoms with Gasteiger partial charge in [-0.2, -0.15) is 0 Å². The number of hydrogen-bond donors (Lipinski definition) is 1. The Morgan fingerprint density at radius 1 is 1.37 bits per heavy atom. The summed E-state index contributed by atoms with van der Waals surface area (Å²) in [7, 11) is 0. The highest BCUT2D eigenvalue weighted by Gasteiger charge is 2.45. The number of anilines is 1. The summed E-state index contributed by atoms with van der Waals surface area (Å²) in [6.45, 7) is 2.64. The molecule has 2 atom stereocenters. The maximum atomic E-state index is 11.5. The van der Waals surface area contributed by atoms with Gasteiger partial charge in [0.25, 0.3) is 5.69 Å². The normalized spacial score (nSPS) is 19.4. The predicted octanol–water partition coefficient (Wildman–Crippen LogP) is 5.07. The van der Waals surface area contributed by atoms with Gasteiger partial charge in [-0.1, -0.05) is 11.6 Å². The molecule has 1 aromatic heterocycles. The largest absolute Gasteiger partial charge is 0.450 e. The molecule has 2 aromatic carbocycles. The lowest BCUT2D eigenvalue weighted by atomic mass is 10.0. The number of hydrogen-bond acceptors (Lipinski definition) is 8. The van der Waals surface area contributed by atoms with Gasteiger partial charge in [0.1, 0.15) is 0 Å². The average molecular weight is 519 g/mol. The van der Waals surface area contributed by atoms with Crippen LogP contribution in [-0.4, -0.2) is 45.6 Å². The van der Waals surface area contributed by atoms with Crippen molar-refractivity contribution >= 4 is 40.8 Å². The van der Waals surface area contributed by atoms with Crippen LogP contribution in [0, 0.1) is 10.1 Å². The van der Waals surface area contributed by atoms with Crippen LogP contribution in [0.3, 0.4) is 0 Å². The second-order valence-corrected chi connectivity index (χ2v) is 9.14. The number of carbonyl (C=O) groups is 1. The number of ether oxygens (including phenoxy) is 3. The number of thioether (sulfide) groups is 1. The van der Waals surface area contributed by atoms with E-state index >= 15 is 0 Å². The van der Waals surface area contributed by atoms with E-state index < -0.39 is 16.8 Å². The fraction of sp³-hybridized carbons (Fsp3) is 0.304. The molecule has 1 fully saturated rings. The molecule has 1 aliphatic rings. The Kier molecular flexibility index (Phi) is 7.91. The molecule has 184 valence electrons. The molecule has 3 aromatic rings. The molecule has 2 heterocycles. The summed E-state index contributed by atoms with van der Waals surface area (Å²) in [5.74, 6) is -0.619. The number of carbonyl (C=O) groups excluding carboxylic acids is 1. The predicted molar refractivity (Wildman–Crippen MR) is 131 cm³/mol. The number of aromatic nitrogens is 2. The van der Waals surface area contributed by atoms with E-state index in [0.717, 1.165) is 4.90 Å². The quantitative estimate of drug-likeness (QED) is 0.237. The van der Waals surface area contributed by atoms with E-state index in [-0.39, 0.29) is 23.4 Å². The number of rotatable bonds is 9. The van der Waals surface area contributed by atoms with Crippen LogP contribution in [-0.2, 0) is 26.5 Å². The van der Waals surface area contributed by atoms with Crippen molar-refractivity contribution in [3.05, 3.63) is 81.9 Å². The van der Waals surface area contributed by atoms with Gasteiger partial charge in [0.2, 0.25) is 5.79 Å². The van der Waals surface area contributed by atoms with Crippen LogP contribution in [0.1, 0.15) is 12.5 Å². The van der Waals surface area contributed by atoms with Crippen molar-refractivity contribution in [2.75, 3.05) is 24.3 Å². The Labute approximate surface area is 210 Å². The van der Waals surface area contributed by atoms with Gasteiger partial charge in [-0.15, -0.1) is 11.8 Å². The second kappa shape index (κ2) is 11.1. The van der Waals surface area contributed by atoms with E-state index in [0.29, 0.717) is 30.2 Å². The highest BCUT2D eigenvalue weighted by Crippen LogP contribution is 2.41. The Hall–Kier alpha value is -3.12. The number of amides is 1. The monoisotopic (exact) mass is 518 g/mol. The van der Waals surface area contributed by atoms with Gasteiger partial charge in [-0.3, -0.25) is 15.4 Å². The van der Waals surface area contributed by atoms with E-state index in [9.17, 15) is 14.9 Å². The van der Waals surface area contributed by atoms with Crippen molar-refractivity contribution in [3.8, 4) is 0 Å². The topological polar surface area (TPSA) is 118 Å². The third kappa shape index (κ3) is 6.12. The molecule has 1 aliphatic heterocycles. The summed E-state index contributed by atoms with van der Waals surface area (Å²) in [5.41, 5.74) is 1.04. The van der Waals surface area contributed by atoms with Crippen LogP contribution in [0.25, 0.3) is 0 Å². The average Bonchev–Trinajstić information content (AvgIpc) is 3.49. The summed E-state index contributed by atoms with van der Waals surface area (Å²) < 4.78 is 19.2. The molecular weight excluding hydrogens is 496 g/mol. The van der Waals surface area contributed by atoms with E-state index in [4.69, 9.17) is 25.8 Å². The molecule has 35 heavy (non-hydrogen) atoms. The van der Waals surface area contributed by atoms with Crippen molar-refractivity contribution in [3.63, 3.8) is 0 Å². The molecule has 1 saturated heterocycles. The Morgan fingerprint density at radius 3 is 2.83 bits per heavy atom. The summed E-state index contributed by atoms with van der Waals surface area (Å²) in [6, 6.07) is 11.6. The van der Waals surface area contributed by atoms with Gasteiger partial charge < -0.3 is 18.8 Å². The van der Waals surface area contributed by atoms with E-state index in [2.05, 4.69) is 10.3 Å². The standard InChI is InChI=1S/C23H23ClN4O6S/c1-2-32-22(29)26-16-3-6-19(7-4-16)35-13-18-12-33-23(34-18,14-27-10-9-25-15-27)20-8-5-17(28(30)31)11-21(20)24/h3-11,15,18H,2,12-14H2,1H3,(H,26,29). The Morgan fingerprint density at radius 2 is 2.17 bits per heavy atom. The van der Waals surface area contributed by atoms with Gasteiger partial charge in [0, 0.05) is 46.4 Å². The third-order valence-electron chi connectivity index (χ3n) is 5.20. The summed E-state index contributed by atoms with van der Waals surface area (Å²) in [5, 5.41) is 14.0. The molecule has 0 spiro atoms. The zero-order valence-corrected chi connectivity index (χ0v) is 20.3. The number of non-ortho nitro benzene ring substituents is 1. The first kappa shape index (κ1) is 25.0. The van der Waals surface area contributed by atoms with Gasteiger partial charge in [-0.05, 0) is 37.3 Å². The SMILES string of the molecule is CCOC(=O)Nc1ccc(SCC2COC(Cn3ccnc3)(c3ccc([N+](=O)[O-])cc3Cl)O2)cc1. The van der Waals surface area contributed by atoms with E-state index in [1.165, 1.54) is 12.1 Å². The Bertz CT molecular complexity index is 1180. The van der Waals surface area contributed by atoms with E-state index in [1.807, 2.05) is 16.7 Å². The van der Waals surface area contributed by atoms with Gasteiger partial charge in [-0.25, -0.2) is 9.78 Å². The lowest BCUT2D eigenvalue weighted by molar-refractivity contribution is -0.384. The van der Waals surface area contributed by atoms with Crippen LogP contribution < -0.4 is 5.32 Å². The second-order valence-electron chi connectivity index (χ2n) is 7.64. The number of nitro groups is 1. The van der Waals surface area contributed by atoms with Crippen molar-refractivity contribution in [1.82, 2.24) is 9.55 Å². The summed E-state index contributed by atoms with van der Waals surface area (Å²) in [4.78, 5) is 27.2. The number of halogens is 1. The number of benzene rings is 2. The van der Waals surface area contributed by atoms with Gasteiger partial charge in [0.05, 0.1) is 42.1 Å². The maximum Gasteiger partial charge on any atom is 0.411 e. The lowest BCUT2D eigenvalue weighted by Crippen LogP contribution is -2.34. The molecule has 10 nitrogen and oxygen atoms in total. The zero-order chi connectivity index (χ0) is 24.8. The number of nitrogens with zero attached hydrogens (tertiary/aromatic N) is 3. The molecule has 2 unspecified atom stereocenters. The molecular formula is C23H23ClN4O6S. The molecule has 0 saturated carbocycles. The van der Waals surface area contributed by atoms with Gasteiger partial charge in [0.15, 0.2) is 0 Å². The molecule has 0 bridgehead atoms. The van der Waals surface area contributed by atoms with E-state index in [1.54, 1.807) is 55.6 Å². The summed E-state index contributed by atoms with van der Waals surface area (Å²) in [6.07, 6.45) is 4.31. The van der Waals surface area contributed by atoms with Gasteiger partial charge >= 0.3 is 6.09 Å². The number of nitrogens with one attached hydrogen (secondary N) is 1. The molecule has 12 heteroatoms.